The molecule has 0 unspecified atom stereocenters. The van der Waals surface area contributed by atoms with Gasteiger partial charge in [-0.2, -0.15) is 0 Å². The van der Waals surface area contributed by atoms with Gasteiger partial charge in [0.2, 0.25) is 0 Å². The molecule has 1 aliphatic carbocycles. The number of phenolic OH excluding ortho intramolecular Hbond substituents is 1. The molecule has 0 radical (unpaired) electrons. The summed E-state index contributed by atoms with van der Waals surface area (Å²) in [5.74, 6) is 0.768. The molecule has 6 heteroatoms. The molecular weight excluding hydrogens is 326 g/mol. The molecular formula is C18H16ClN3O2. The molecule has 1 aromatic heterocycles. The summed E-state index contributed by atoms with van der Waals surface area (Å²) in [6.07, 6.45) is 1.21. The molecule has 3 aromatic rings. The highest BCUT2D eigenvalue weighted by Crippen LogP contribution is 2.36. The maximum Gasteiger partial charge on any atom is 0.156 e. The zero-order valence-electron chi connectivity index (χ0n) is 12.8. The van der Waals surface area contributed by atoms with Gasteiger partial charge in [0.15, 0.2) is 5.82 Å². The number of aliphatic hydroxyl groups excluding tert-OH is 1. The number of aromatic hydroxyl groups is 1. The van der Waals surface area contributed by atoms with E-state index in [1.165, 1.54) is 6.07 Å². The third-order valence-electron chi connectivity index (χ3n) is 4.36. The van der Waals surface area contributed by atoms with E-state index >= 15 is 0 Å². The third-order valence-corrected chi connectivity index (χ3v) is 4.59. The number of rotatable bonds is 3. The molecule has 24 heavy (non-hydrogen) atoms. The van der Waals surface area contributed by atoms with E-state index in [1.807, 2.05) is 24.3 Å². The monoisotopic (exact) mass is 341 g/mol. The molecule has 0 atom stereocenters. The standard InChI is InChI=1S/C18H16ClN3O2/c19-10-5-6-15(16(24)7-10)17-13-3-1-2-4-14(13)18(22-21-17)20-11-8-12(23)9-11/h1-7,11-12,23-24H,8-9H2,(H,20,22). The Balaban J connectivity index is 1.80. The van der Waals surface area contributed by atoms with Crippen molar-refractivity contribution >= 4 is 28.2 Å². The van der Waals surface area contributed by atoms with Gasteiger partial charge in [0.1, 0.15) is 11.4 Å². The van der Waals surface area contributed by atoms with Gasteiger partial charge in [0.25, 0.3) is 0 Å². The highest BCUT2D eigenvalue weighted by molar-refractivity contribution is 6.30. The number of nitrogens with one attached hydrogen (secondary N) is 1. The van der Waals surface area contributed by atoms with Crippen LogP contribution in [0.2, 0.25) is 5.02 Å². The average molecular weight is 342 g/mol. The summed E-state index contributed by atoms with van der Waals surface area (Å²) in [7, 11) is 0. The summed E-state index contributed by atoms with van der Waals surface area (Å²) in [6.45, 7) is 0. The normalized spacial score (nSPS) is 19.9. The number of nitrogens with zero attached hydrogens (tertiary/aromatic N) is 2. The zero-order chi connectivity index (χ0) is 16.7. The summed E-state index contributed by atoms with van der Waals surface area (Å²) in [5.41, 5.74) is 1.20. The molecule has 122 valence electrons. The van der Waals surface area contributed by atoms with Crippen molar-refractivity contribution in [3.05, 3.63) is 47.5 Å². The van der Waals surface area contributed by atoms with Crippen molar-refractivity contribution in [3.63, 3.8) is 0 Å². The lowest BCUT2D eigenvalue weighted by atomic mass is 9.89. The summed E-state index contributed by atoms with van der Waals surface area (Å²) in [5, 5.41) is 33.9. The van der Waals surface area contributed by atoms with Gasteiger partial charge in [-0.15, -0.1) is 10.2 Å². The number of aliphatic hydroxyl groups is 1. The van der Waals surface area contributed by atoms with E-state index in [9.17, 15) is 10.2 Å². The average Bonchev–Trinajstić information content (AvgIpc) is 2.54. The molecule has 0 aliphatic heterocycles. The number of phenols is 1. The maximum atomic E-state index is 10.2. The van der Waals surface area contributed by atoms with Gasteiger partial charge in [-0.3, -0.25) is 0 Å². The fourth-order valence-electron chi connectivity index (χ4n) is 3.01. The highest BCUT2D eigenvalue weighted by atomic mass is 35.5. The van der Waals surface area contributed by atoms with Crippen molar-refractivity contribution in [2.75, 3.05) is 5.32 Å². The van der Waals surface area contributed by atoms with Gasteiger partial charge in [-0.05, 0) is 31.0 Å². The summed E-state index contributed by atoms with van der Waals surface area (Å²) < 4.78 is 0. The minimum Gasteiger partial charge on any atom is -0.507 e. The van der Waals surface area contributed by atoms with Crippen LogP contribution in [-0.2, 0) is 0 Å². The first kappa shape index (κ1) is 15.2. The van der Waals surface area contributed by atoms with Crippen LogP contribution in [0, 0.1) is 0 Å². The largest absolute Gasteiger partial charge is 0.507 e. The minimum atomic E-state index is -0.230. The molecule has 4 rings (SSSR count). The van der Waals surface area contributed by atoms with E-state index < -0.39 is 0 Å². The van der Waals surface area contributed by atoms with Crippen LogP contribution >= 0.6 is 11.6 Å². The number of benzene rings is 2. The van der Waals surface area contributed by atoms with Crippen molar-refractivity contribution in [2.45, 2.75) is 25.0 Å². The number of aromatic nitrogens is 2. The van der Waals surface area contributed by atoms with Gasteiger partial charge in [-0.1, -0.05) is 35.9 Å². The van der Waals surface area contributed by atoms with Crippen molar-refractivity contribution in [3.8, 4) is 17.0 Å². The molecule has 1 saturated carbocycles. The highest BCUT2D eigenvalue weighted by Gasteiger charge is 2.28. The lowest BCUT2D eigenvalue weighted by Crippen LogP contribution is -2.39. The van der Waals surface area contributed by atoms with Crippen LogP contribution < -0.4 is 5.32 Å². The SMILES string of the molecule is Oc1cc(Cl)ccc1-c1nnc(NC2CC(O)C2)c2ccccc12. The maximum absolute atomic E-state index is 10.2. The van der Waals surface area contributed by atoms with E-state index in [4.69, 9.17) is 11.6 Å². The number of hydrogen-bond acceptors (Lipinski definition) is 5. The van der Waals surface area contributed by atoms with E-state index in [1.54, 1.807) is 12.1 Å². The molecule has 5 nitrogen and oxygen atoms in total. The van der Waals surface area contributed by atoms with Crippen molar-refractivity contribution < 1.29 is 10.2 Å². The summed E-state index contributed by atoms with van der Waals surface area (Å²) in [6, 6.07) is 13.0. The predicted molar refractivity (Wildman–Crippen MR) is 94.3 cm³/mol. The molecule has 0 amide bonds. The van der Waals surface area contributed by atoms with Crippen molar-refractivity contribution in [1.29, 1.82) is 0 Å². The third kappa shape index (κ3) is 2.66. The Kier molecular flexibility index (Phi) is 3.75. The Morgan fingerprint density at radius 1 is 1.04 bits per heavy atom. The van der Waals surface area contributed by atoms with Crippen LogP contribution in [0.1, 0.15) is 12.8 Å². The van der Waals surface area contributed by atoms with Gasteiger partial charge in [0.05, 0.1) is 6.10 Å². The van der Waals surface area contributed by atoms with Crippen LogP contribution in [0.5, 0.6) is 5.75 Å². The topological polar surface area (TPSA) is 78.3 Å². The first-order chi connectivity index (χ1) is 11.6. The fourth-order valence-corrected chi connectivity index (χ4v) is 3.18. The number of halogens is 1. The lowest BCUT2D eigenvalue weighted by molar-refractivity contribution is 0.0835. The Labute approximate surface area is 143 Å². The molecule has 3 N–H and O–H groups in total. The second-order valence-electron chi connectivity index (χ2n) is 6.07. The van der Waals surface area contributed by atoms with E-state index in [2.05, 4.69) is 15.5 Å². The number of hydrogen-bond donors (Lipinski definition) is 3. The van der Waals surface area contributed by atoms with Crippen LogP contribution in [-0.4, -0.2) is 32.6 Å². The molecule has 0 saturated heterocycles. The molecule has 1 fully saturated rings. The number of anilines is 1. The quantitative estimate of drug-likeness (QED) is 0.678. The van der Waals surface area contributed by atoms with E-state index in [0.29, 0.717) is 22.1 Å². The first-order valence-electron chi connectivity index (χ1n) is 7.81. The Morgan fingerprint density at radius 3 is 2.50 bits per heavy atom. The molecule has 1 aliphatic rings. The minimum absolute atomic E-state index is 0.0739. The van der Waals surface area contributed by atoms with Crippen LogP contribution in [0.4, 0.5) is 5.82 Å². The molecule has 0 bridgehead atoms. The lowest BCUT2D eigenvalue weighted by Gasteiger charge is -2.32. The summed E-state index contributed by atoms with van der Waals surface area (Å²) in [4.78, 5) is 0. The Bertz CT molecular complexity index is 910. The molecule has 0 spiro atoms. The van der Waals surface area contributed by atoms with Gasteiger partial charge < -0.3 is 15.5 Å². The second-order valence-corrected chi connectivity index (χ2v) is 6.51. The van der Waals surface area contributed by atoms with E-state index in [0.717, 1.165) is 23.6 Å². The Morgan fingerprint density at radius 2 is 1.79 bits per heavy atom. The molecule has 1 heterocycles. The fraction of sp³-hybridized carbons (Fsp3) is 0.222. The van der Waals surface area contributed by atoms with Crippen LogP contribution in [0.25, 0.3) is 22.0 Å². The molecule has 2 aromatic carbocycles. The van der Waals surface area contributed by atoms with Crippen molar-refractivity contribution in [2.24, 2.45) is 0 Å². The smallest absolute Gasteiger partial charge is 0.156 e. The van der Waals surface area contributed by atoms with Gasteiger partial charge in [-0.25, -0.2) is 0 Å². The second kappa shape index (κ2) is 5.92. The first-order valence-corrected chi connectivity index (χ1v) is 8.18. The summed E-state index contributed by atoms with van der Waals surface area (Å²) >= 11 is 5.91. The van der Waals surface area contributed by atoms with Crippen LogP contribution in [0.15, 0.2) is 42.5 Å². The van der Waals surface area contributed by atoms with Crippen LogP contribution in [0.3, 0.4) is 0 Å². The zero-order valence-corrected chi connectivity index (χ0v) is 13.5. The van der Waals surface area contributed by atoms with E-state index in [-0.39, 0.29) is 17.9 Å². The van der Waals surface area contributed by atoms with Gasteiger partial charge >= 0.3 is 0 Å². The van der Waals surface area contributed by atoms with Crippen molar-refractivity contribution in [1.82, 2.24) is 10.2 Å². The Hall–Kier alpha value is -2.37. The predicted octanol–water partition coefficient (Wildman–Crippen LogP) is 3.59. The van der Waals surface area contributed by atoms with Gasteiger partial charge in [0, 0.05) is 27.4 Å². The number of fused-ring (bicyclic) bond motifs is 1.